The predicted octanol–water partition coefficient (Wildman–Crippen LogP) is 3.04. The average molecular weight is 305 g/mol. The Hall–Kier alpha value is -0.680. The molecule has 17 heavy (non-hydrogen) atoms. The van der Waals surface area contributed by atoms with Crippen molar-refractivity contribution in [2.75, 3.05) is 11.4 Å². The second-order valence-electron chi connectivity index (χ2n) is 4.54. The lowest BCUT2D eigenvalue weighted by Gasteiger charge is -2.38. The van der Waals surface area contributed by atoms with Crippen molar-refractivity contribution in [2.24, 2.45) is 5.73 Å². The Morgan fingerprint density at radius 2 is 2.06 bits per heavy atom. The molecular formula is C12H15BrF2N2. The molecule has 1 heterocycles. The molecule has 0 aliphatic carbocycles. The molecular weight excluding hydrogens is 290 g/mol. The fourth-order valence-electron chi connectivity index (χ4n) is 2.30. The van der Waals surface area contributed by atoms with Gasteiger partial charge in [0, 0.05) is 24.7 Å². The Bertz CT molecular complexity index is 425. The van der Waals surface area contributed by atoms with Crippen LogP contribution in [-0.4, -0.2) is 18.6 Å². The van der Waals surface area contributed by atoms with Gasteiger partial charge in [0.2, 0.25) is 0 Å². The van der Waals surface area contributed by atoms with E-state index in [1.54, 1.807) is 0 Å². The summed E-state index contributed by atoms with van der Waals surface area (Å²) in [6.07, 6.45) is 1.61. The van der Waals surface area contributed by atoms with Gasteiger partial charge in [-0.15, -0.1) is 0 Å². The van der Waals surface area contributed by atoms with Gasteiger partial charge in [-0.1, -0.05) is 0 Å². The first-order valence-electron chi connectivity index (χ1n) is 5.66. The predicted molar refractivity (Wildman–Crippen MR) is 68.1 cm³/mol. The minimum Gasteiger partial charge on any atom is -0.366 e. The molecule has 0 spiro atoms. The molecule has 2 unspecified atom stereocenters. The summed E-state index contributed by atoms with van der Waals surface area (Å²) in [5.41, 5.74) is 6.18. The molecule has 0 bridgehead atoms. The minimum absolute atomic E-state index is 0.133. The van der Waals surface area contributed by atoms with E-state index in [4.69, 9.17) is 5.73 Å². The first kappa shape index (κ1) is 12.8. The van der Waals surface area contributed by atoms with Crippen LogP contribution in [0.5, 0.6) is 0 Å². The van der Waals surface area contributed by atoms with E-state index in [1.807, 2.05) is 11.8 Å². The molecule has 1 aliphatic heterocycles. The fraction of sp³-hybridized carbons (Fsp3) is 0.500. The van der Waals surface area contributed by atoms with Crippen LogP contribution in [0.3, 0.4) is 0 Å². The molecule has 1 fully saturated rings. The fourth-order valence-corrected chi connectivity index (χ4v) is 2.61. The van der Waals surface area contributed by atoms with Crippen molar-refractivity contribution in [3.05, 3.63) is 28.2 Å². The maximum atomic E-state index is 13.8. The highest BCUT2D eigenvalue weighted by Crippen LogP contribution is 2.30. The summed E-state index contributed by atoms with van der Waals surface area (Å²) < 4.78 is 27.4. The largest absolute Gasteiger partial charge is 0.366 e. The summed E-state index contributed by atoms with van der Waals surface area (Å²) in [5.74, 6) is -0.843. The van der Waals surface area contributed by atoms with Gasteiger partial charge in [-0.3, -0.25) is 0 Å². The lowest BCUT2D eigenvalue weighted by atomic mass is 9.98. The van der Waals surface area contributed by atoms with Crippen LogP contribution in [0.4, 0.5) is 14.5 Å². The second kappa shape index (κ2) is 4.90. The molecule has 2 rings (SSSR count). The summed E-state index contributed by atoms with van der Waals surface area (Å²) in [6, 6.07) is 2.71. The molecule has 1 saturated heterocycles. The van der Waals surface area contributed by atoms with Crippen molar-refractivity contribution in [3.63, 3.8) is 0 Å². The van der Waals surface area contributed by atoms with Crippen LogP contribution in [0.25, 0.3) is 0 Å². The normalized spacial score (nSPS) is 25.1. The number of anilines is 1. The summed E-state index contributed by atoms with van der Waals surface area (Å²) in [6.45, 7) is 2.65. The third-order valence-corrected chi connectivity index (χ3v) is 3.82. The van der Waals surface area contributed by atoms with E-state index in [0.717, 1.165) is 12.8 Å². The Labute approximate surface area is 108 Å². The molecule has 94 valence electrons. The van der Waals surface area contributed by atoms with Gasteiger partial charge in [0.25, 0.3) is 0 Å². The number of benzene rings is 1. The highest BCUT2D eigenvalue weighted by molar-refractivity contribution is 9.10. The first-order chi connectivity index (χ1) is 7.99. The van der Waals surface area contributed by atoms with E-state index in [0.29, 0.717) is 12.2 Å². The molecule has 1 aromatic carbocycles. The number of piperidine rings is 1. The smallest absolute Gasteiger partial charge is 0.147 e. The van der Waals surface area contributed by atoms with Crippen molar-refractivity contribution in [1.82, 2.24) is 0 Å². The summed E-state index contributed by atoms with van der Waals surface area (Å²) in [7, 11) is 0. The summed E-state index contributed by atoms with van der Waals surface area (Å²) in [4.78, 5) is 1.88. The van der Waals surface area contributed by atoms with E-state index in [9.17, 15) is 8.78 Å². The highest BCUT2D eigenvalue weighted by Gasteiger charge is 2.26. The number of nitrogens with zero attached hydrogens (tertiary/aromatic N) is 1. The average Bonchev–Trinajstić information content (AvgIpc) is 2.24. The molecule has 2 nitrogen and oxygen atoms in total. The monoisotopic (exact) mass is 304 g/mol. The molecule has 5 heteroatoms. The number of hydrogen-bond acceptors (Lipinski definition) is 2. The molecule has 0 saturated carbocycles. The van der Waals surface area contributed by atoms with Crippen molar-refractivity contribution >= 4 is 21.6 Å². The van der Waals surface area contributed by atoms with Crippen LogP contribution < -0.4 is 10.6 Å². The third kappa shape index (κ3) is 2.60. The molecule has 2 atom stereocenters. The van der Waals surface area contributed by atoms with Crippen molar-refractivity contribution < 1.29 is 8.78 Å². The summed E-state index contributed by atoms with van der Waals surface area (Å²) >= 11 is 2.98. The zero-order valence-corrected chi connectivity index (χ0v) is 11.2. The maximum absolute atomic E-state index is 13.8. The first-order valence-corrected chi connectivity index (χ1v) is 6.45. The SMILES string of the molecule is CC1CC(N)CCN1c1cc(F)c(Br)cc1F. The minimum atomic E-state index is -0.441. The quantitative estimate of drug-likeness (QED) is 0.808. The zero-order chi connectivity index (χ0) is 12.6. The van der Waals surface area contributed by atoms with Gasteiger partial charge in [0.05, 0.1) is 10.2 Å². The molecule has 2 N–H and O–H groups in total. The molecule has 0 amide bonds. The maximum Gasteiger partial charge on any atom is 0.147 e. The van der Waals surface area contributed by atoms with Crippen LogP contribution in [0.15, 0.2) is 16.6 Å². The van der Waals surface area contributed by atoms with Gasteiger partial charge in [0.1, 0.15) is 11.6 Å². The Balaban J connectivity index is 2.31. The van der Waals surface area contributed by atoms with E-state index in [1.165, 1.54) is 12.1 Å². The van der Waals surface area contributed by atoms with Gasteiger partial charge in [-0.25, -0.2) is 8.78 Å². The van der Waals surface area contributed by atoms with Gasteiger partial charge in [0.15, 0.2) is 0 Å². The van der Waals surface area contributed by atoms with E-state index in [-0.39, 0.29) is 16.6 Å². The second-order valence-corrected chi connectivity index (χ2v) is 5.40. The Morgan fingerprint density at radius 1 is 1.35 bits per heavy atom. The van der Waals surface area contributed by atoms with E-state index in [2.05, 4.69) is 15.9 Å². The van der Waals surface area contributed by atoms with E-state index >= 15 is 0 Å². The van der Waals surface area contributed by atoms with Crippen molar-refractivity contribution in [1.29, 1.82) is 0 Å². The Kier molecular flexibility index (Phi) is 3.68. The van der Waals surface area contributed by atoms with Crippen LogP contribution in [0, 0.1) is 11.6 Å². The van der Waals surface area contributed by atoms with Gasteiger partial charge in [-0.05, 0) is 41.8 Å². The molecule has 0 radical (unpaired) electrons. The lowest BCUT2D eigenvalue weighted by Crippen LogP contribution is -2.46. The molecule has 1 aromatic rings. The zero-order valence-electron chi connectivity index (χ0n) is 9.59. The van der Waals surface area contributed by atoms with Crippen molar-refractivity contribution in [2.45, 2.75) is 31.8 Å². The van der Waals surface area contributed by atoms with Gasteiger partial charge < -0.3 is 10.6 Å². The van der Waals surface area contributed by atoms with Crippen LogP contribution in [0.2, 0.25) is 0 Å². The highest BCUT2D eigenvalue weighted by atomic mass is 79.9. The lowest BCUT2D eigenvalue weighted by molar-refractivity contribution is 0.424. The third-order valence-electron chi connectivity index (χ3n) is 3.22. The number of rotatable bonds is 1. The Morgan fingerprint density at radius 3 is 2.71 bits per heavy atom. The molecule has 0 aromatic heterocycles. The van der Waals surface area contributed by atoms with Crippen molar-refractivity contribution in [3.8, 4) is 0 Å². The summed E-state index contributed by atoms with van der Waals surface area (Å²) in [5, 5.41) is 0. The van der Waals surface area contributed by atoms with Crippen LogP contribution in [-0.2, 0) is 0 Å². The number of nitrogens with two attached hydrogens (primary N) is 1. The standard InChI is InChI=1S/C12H15BrF2N2/c1-7-4-8(16)2-3-17(7)12-6-10(14)9(13)5-11(12)15/h5-8H,2-4,16H2,1H3. The van der Waals surface area contributed by atoms with Crippen LogP contribution >= 0.6 is 15.9 Å². The molecule has 1 aliphatic rings. The topological polar surface area (TPSA) is 29.3 Å². The van der Waals surface area contributed by atoms with E-state index < -0.39 is 11.6 Å². The number of halogens is 3. The van der Waals surface area contributed by atoms with Crippen LogP contribution in [0.1, 0.15) is 19.8 Å². The van der Waals surface area contributed by atoms with Gasteiger partial charge in [-0.2, -0.15) is 0 Å². The van der Waals surface area contributed by atoms with Gasteiger partial charge >= 0.3 is 0 Å². The number of hydrogen-bond donors (Lipinski definition) is 1.